The number of aliphatic imine (C=N–C) groups is 1. The fraction of sp³-hybridized carbons (Fsp3) is 0.556. The summed E-state index contributed by atoms with van der Waals surface area (Å²) in [5.41, 5.74) is 6.39. The smallest absolute Gasteiger partial charge is 0.217 e. The molecule has 1 amide bonds. The quantitative estimate of drug-likeness (QED) is 0.537. The van der Waals surface area contributed by atoms with Crippen LogP contribution in [0.15, 0.2) is 21.6 Å². The lowest BCUT2D eigenvalue weighted by molar-refractivity contribution is -0.119. The minimum absolute atomic E-state index is 0.242. The maximum atomic E-state index is 11.2. The van der Waals surface area contributed by atoms with Crippen LogP contribution in [0, 0.1) is 5.92 Å². The molecule has 0 aromatic heterocycles. The van der Waals surface area contributed by atoms with E-state index in [4.69, 9.17) is 15.2 Å². The van der Waals surface area contributed by atoms with E-state index >= 15 is 0 Å². The number of piperidine rings is 1. The number of carbonyl (C=O) groups excluding carboxylic acids is 1. The fourth-order valence-corrected chi connectivity index (χ4v) is 3.71. The Bertz CT molecular complexity index is 666. The van der Waals surface area contributed by atoms with E-state index in [2.05, 4.69) is 31.1 Å². The molecule has 3 N–H and O–H groups in total. The Balaban J connectivity index is 2.04. The number of guanidine groups is 1. The summed E-state index contributed by atoms with van der Waals surface area (Å²) in [4.78, 5) is 17.8. The van der Waals surface area contributed by atoms with Crippen molar-refractivity contribution in [3.05, 3.63) is 22.2 Å². The molecule has 1 aromatic rings. The fourth-order valence-electron chi connectivity index (χ4n) is 3.25. The van der Waals surface area contributed by atoms with E-state index in [0.29, 0.717) is 24.5 Å². The molecule has 1 aromatic carbocycles. The molecule has 1 heterocycles. The predicted molar refractivity (Wildman–Crippen MR) is 106 cm³/mol. The number of nitrogens with two attached hydrogens (primary N) is 1. The molecule has 8 heteroatoms. The molecule has 2 rings (SSSR count). The Morgan fingerprint density at radius 2 is 2.08 bits per heavy atom. The Morgan fingerprint density at radius 1 is 1.38 bits per heavy atom. The van der Waals surface area contributed by atoms with Gasteiger partial charge in [0, 0.05) is 37.6 Å². The average Bonchev–Trinajstić information content (AvgIpc) is 2.62. The third-order valence-electron chi connectivity index (χ3n) is 4.51. The number of halogens is 1. The molecule has 26 heavy (non-hydrogen) atoms. The van der Waals surface area contributed by atoms with Gasteiger partial charge in [-0.25, -0.2) is 0 Å². The molecule has 1 unspecified atom stereocenters. The van der Waals surface area contributed by atoms with Crippen LogP contribution in [0.1, 0.15) is 24.8 Å². The van der Waals surface area contributed by atoms with Gasteiger partial charge in [0.1, 0.15) is 0 Å². The average molecular weight is 427 g/mol. The second kappa shape index (κ2) is 9.66. The number of benzene rings is 1. The van der Waals surface area contributed by atoms with Crippen molar-refractivity contribution in [1.82, 2.24) is 10.2 Å². The summed E-state index contributed by atoms with van der Waals surface area (Å²) in [7, 11) is 5.00. The van der Waals surface area contributed by atoms with Gasteiger partial charge < -0.3 is 25.4 Å². The normalized spacial score (nSPS) is 17.8. The first-order valence-corrected chi connectivity index (χ1v) is 9.42. The van der Waals surface area contributed by atoms with Crippen molar-refractivity contribution in [3.63, 3.8) is 0 Å². The predicted octanol–water partition coefficient (Wildman–Crippen LogP) is 2.13. The lowest BCUT2D eigenvalue weighted by Crippen LogP contribution is -2.46. The van der Waals surface area contributed by atoms with Gasteiger partial charge in [0.25, 0.3) is 0 Å². The Labute approximate surface area is 163 Å². The summed E-state index contributed by atoms with van der Waals surface area (Å²) in [6.45, 7) is 2.29. The minimum Gasteiger partial charge on any atom is -0.493 e. The number of methoxy groups -OCH3 is 2. The SMILES string of the molecule is CN=C(NCc1cc(OC)c(OC)cc1Br)N1CCCC(CC(N)=O)C1. The van der Waals surface area contributed by atoms with Gasteiger partial charge in [-0.1, -0.05) is 15.9 Å². The topological polar surface area (TPSA) is 89.2 Å². The zero-order valence-electron chi connectivity index (χ0n) is 15.5. The Kier molecular flexibility index (Phi) is 7.56. The van der Waals surface area contributed by atoms with Crippen LogP contribution in [-0.4, -0.2) is 51.1 Å². The molecule has 0 saturated carbocycles. The first-order chi connectivity index (χ1) is 12.5. The molecule has 0 radical (unpaired) electrons. The van der Waals surface area contributed by atoms with E-state index in [9.17, 15) is 4.79 Å². The van der Waals surface area contributed by atoms with Crippen LogP contribution in [0.25, 0.3) is 0 Å². The summed E-state index contributed by atoms with van der Waals surface area (Å²) in [5, 5.41) is 3.39. The molecule has 1 aliphatic rings. The second-order valence-electron chi connectivity index (χ2n) is 6.32. The largest absolute Gasteiger partial charge is 0.493 e. The molecule has 144 valence electrons. The molecular formula is C18H27BrN4O3. The number of nitrogens with zero attached hydrogens (tertiary/aromatic N) is 2. The minimum atomic E-state index is -0.242. The van der Waals surface area contributed by atoms with E-state index in [1.165, 1.54) is 0 Å². The highest BCUT2D eigenvalue weighted by molar-refractivity contribution is 9.10. The van der Waals surface area contributed by atoms with Crippen molar-refractivity contribution in [1.29, 1.82) is 0 Å². The maximum absolute atomic E-state index is 11.2. The van der Waals surface area contributed by atoms with Gasteiger partial charge in [-0.05, 0) is 36.5 Å². The molecule has 1 fully saturated rings. The van der Waals surface area contributed by atoms with Crippen molar-refractivity contribution in [3.8, 4) is 11.5 Å². The van der Waals surface area contributed by atoms with Gasteiger partial charge in [0.05, 0.1) is 14.2 Å². The zero-order valence-corrected chi connectivity index (χ0v) is 17.1. The molecule has 1 saturated heterocycles. The van der Waals surface area contributed by atoms with Crippen LogP contribution in [0.5, 0.6) is 11.5 Å². The number of primary amides is 1. The van der Waals surface area contributed by atoms with Crippen LogP contribution in [0.3, 0.4) is 0 Å². The van der Waals surface area contributed by atoms with E-state index in [-0.39, 0.29) is 11.8 Å². The molecule has 0 spiro atoms. The number of likely N-dealkylation sites (tertiary alicyclic amines) is 1. The van der Waals surface area contributed by atoms with Crippen LogP contribution >= 0.6 is 15.9 Å². The molecular weight excluding hydrogens is 400 g/mol. The maximum Gasteiger partial charge on any atom is 0.217 e. The number of rotatable bonds is 6. The number of carbonyl (C=O) groups is 1. The van der Waals surface area contributed by atoms with Crippen molar-refractivity contribution >= 4 is 27.8 Å². The number of nitrogens with one attached hydrogen (secondary N) is 1. The highest BCUT2D eigenvalue weighted by Crippen LogP contribution is 2.33. The van der Waals surface area contributed by atoms with E-state index in [1.54, 1.807) is 21.3 Å². The molecule has 1 atom stereocenters. The second-order valence-corrected chi connectivity index (χ2v) is 7.18. The lowest BCUT2D eigenvalue weighted by Gasteiger charge is -2.34. The van der Waals surface area contributed by atoms with Crippen LogP contribution in [0.4, 0.5) is 0 Å². The third-order valence-corrected chi connectivity index (χ3v) is 5.25. The van der Waals surface area contributed by atoms with Gasteiger partial charge in [0.2, 0.25) is 5.91 Å². The third kappa shape index (κ3) is 5.27. The van der Waals surface area contributed by atoms with Crippen molar-refractivity contribution in [2.24, 2.45) is 16.6 Å². The van der Waals surface area contributed by atoms with Gasteiger partial charge in [-0.2, -0.15) is 0 Å². The molecule has 0 bridgehead atoms. The summed E-state index contributed by atoms with van der Waals surface area (Å²) >= 11 is 3.58. The van der Waals surface area contributed by atoms with Crippen LogP contribution in [0.2, 0.25) is 0 Å². The first kappa shape index (κ1) is 20.4. The monoisotopic (exact) mass is 426 g/mol. The van der Waals surface area contributed by atoms with Crippen molar-refractivity contribution < 1.29 is 14.3 Å². The van der Waals surface area contributed by atoms with Gasteiger partial charge in [0.15, 0.2) is 17.5 Å². The Morgan fingerprint density at radius 3 is 2.69 bits per heavy atom. The number of hydrogen-bond donors (Lipinski definition) is 2. The van der Waals surface area contributed by atoms with Crippen molar-refractivity contribution in [2.75, 3.05) is 34.4 Å². The molecule has 0 aliphatic carbocycles. The summed E-state index contributed by atoms with van der Waals surface area (Å²) < 4.78 is 11.6. The summed E-state index contributed by atoms with van der Waals surface area (Å²) in [6.07, 6.45) is 2.48. The molecule has 7 nitrogen and oxygen atoms in total. The van der Waals surface area contributed by atoms with Crippen LogP contribution < -0.4 is 20.5 Å². The van der Waals surface area contributed by atoms with Gasteiger partial charge in [-0.15, -0.1) is 0 Å². The van der Waals surface area contributed by atoms with E-state index < -0.39 is 0 Å². The Hall–Kier alpha value is -1.96. The van der Waals surface area contributed by atoms with E-state index in [0.717, 1.165) is 41.9 Å². The first-order valence-electron chi connectivity index (χ1n) is 8.62. The zero-order chi connectivity index (χ0) is 19.1. The summed E-state index contributed by atoms with van der Waals surface area (Å²) in [6, 6.07) is 3.83. The van der Waals surface area contributed by atoms with Gasteiger partial charge >= 0.3 is 0 Å². The number of amides is 1. The van der Waals surface area contributed by atoms with Crippen molar-refractivity contribution in [2.45, 2.75) is 25.8 Å². The lowest BCUT2D eigenvalue weighted by atomic mass is 9.95. The van der Waals surface area contributed by atoms with E-state index in [1.807, 2.05) is 12.1 Å². The van der Waals surface area contributed by atoms with Gasteiger partial charge in [-0.3, -0.25) is 9.79 Å². The highest BCUT2D eigenvalue weighted by Gasteiger charge is 2.23. The molecule has 1 aliphatic heterocycles. The number of hydrogen-bond acceptors (Lipinski definition) is 4. The highest BCUT2D eigenvalue weighted by atomic mass is 79.9. The number of ether oxygens (including phenoxy) is 2. The van der Waals surface area contributed by atoms with Crippen LogP contribution in [-0.2, 0) is 11.3 Å². The summed E-state index contributed by atoms with van der Waals surface area (Å²) in [5.74, 6) is 2.22. The standard InChI is InChI=1S/C18H27BrN4O3/c1-21-18(23-6-4-5-12(11-23)7-17(20)24)22-10-13-8-15(25-2)16(26-3)9-14(13)19/h8-9,12H,4-7,10-11H2,1-3H3,(H2,20,24)(H,21,22).